The largest absolute Gasteiger partial charge is 0.345 e. The van der Waals surface area contributed by atoms with Gasteiger partial charge in [0.2, 0.25) is 10.0 Å². The topological polar surface area (TPSA) is 113 Å². The second-order valence-corrected chi connectivity index (χ2v) is 7.04. The molecular weight excluding hydrogens is 324 g/mol. The molecule has 0 bridgehead atoms. The zero-order valence-corrected chi connectivity index (χ0v) is 14.3. The molecule has 0 aromatic heterocycles. The van der Waals surface area contributed by atoms with Crippen molar-refractivity contribution in [3.05, 3.63) is 33.9 Å². The standard InChI is InChI=1S/C13H20N4O5S/c1-15(2)9-8-14-23(21,22)11-7-5-6-10(17(19)20)12(11)13(18)16(3)4/h5-7,14H,8-9H2,1-4H3. The van der Waals surface area contributed by atoms with Crippen LogP contribution in [0.3, 0.4) is 0 Å². The van der Waals surface area contributed by atoms with Crippen LogP contribution in [0.5, 0.6) is 0 Å². The average molecular weight is 344 g/mol. The van der Waals surface area contributed by atoms with Crippen LogP contribution in [0.15, 0.2) is 23.1 Å². The fourth-order valence-corrected chi connectivity index (χ4v) is 3.05. The highest BCUT2D eigenvalue weighted by atomic mass is 32.2. The SMILES string of the molecule is CN(C)CCNS(=O)(=O)c1cccc([N+](=O)[O-])c1C(=O)N(C)C. The molecule has 23 heavy (non-hydrogen) atoms. The lowest BCUT2D eigenvalue weighted by Gasteiger charge is -2.15. The third-order valence-electron chi connectivity index (χ3n) is 2.96. The maximum Gasteiger partial charge on any atom is 0.283 e. The van der Waals surface area contributed by atoms with Gasteiger partial charge in [-0.05, 0) is 20.2 Å². The minimum Gasteiger partial charge on any atom is -0.345 e. The zero-order valence-electron chi connectivity index (χ0n) is 13.4. The Morgan fingerprint density at radius 1 is 1.26 bits per heavy atom. The van der Waals surface area contributed by atoms with Crippen molar-refractivity contribution >= 4 is 21.6 Å². The number of nitro groups is 1. The van der Waals surface area contributed by atoms with E-state index in [0.29, 0.717) is 6.54 Å². The predicted octanol–water partition coefficient (Wildman–Crippen LogP) is 0.137. The van der Waals surface area contributed by atoms with Gasteiger partial charge in [0.05, 0.1) is 4.92 Å². The van der Waals surface area contributed by atoms with Crippen LogP contribution >= 0.6 is 0 Å². The second-order valence-electron chi connectivity index (χ2n) is 5.31. The van der Waals surface area contributed by atoms with Crippen LogP contribution in [0.4, 0.5) is 5.69 Å². The minimum atomic E-state index is -4.05. The van der Waals surface area contributed by atoms with E-state index >= 15 is 0 Å². The third kappa shape index (κ3) is 4.71. The quantitative estimate of drug-likeness (QED) is 0.556. The molecule has 0 radical (unpaired) electrons. The summed E-state index contributed by atoms with van der Waals surface area (Å²) in [5.74, 6) is -0.745. The van der Waals surface area contributed by atoms with Crippen molar-refractivity contribution in [1.82, 2.24) is 14.5 Å². The normalized spacial score (nSPS) is 11.5. The summed E-state index contributed by atoms with van der Waals surface area (Å²) in [5, 5.41) is 11.1. The number of hydrogen-bond acceptors (Lipinski definition) is 6. The summed E-state index contributed by atoms with van der Waals surface area (Å²) in [6.07, 6.45) is 0. The van der Waals surface area contributed by atoms with Gasteiger partial charge in [0.15, 0.2) is 0 Å². The van der Waals surface area contributed by atoms with E-state index in [9.17, 15) is 23.3 Å². The summed E-state index contributed by atoms with van der Waals surface area (Å²) < 4.78 is 27.2. The van der Waals surface area contributed by atoms with Crippen LogP contribution in [0.25, 0.3) is 0 Å². The highest BCUT2D eigenvalue weighted by Gasteiger charge is 2.31. The van der Waals surface area contributed by atoms with Crippen molar-refractivity contribution in [2.24, 2.45) is 0 Å². The van der Waals surface area contributed by atoms with Gasteiger partial charge in [0.1, 0.15) is 10.5 Å². The predicted molar refractivity (Wildman–Crippen MR) is 84.9 cm³/mol. The third-order valence-corrected chi connectivity index (χ3v) is 4.46. The molecular formula is C13H20N4O5S. The monoisotopic (exact) mass is 344 g/mol. The van der Waals surface area contributed by atoms with Crippen molar-refractivity contribution in [2.75, 3.05) is 41.3 Å². The second kappa shape index (κ2) is 7.49. The summed E-state index contributed by atoms with van der Waals surface area (Å²) >= 11 is 0. The average Bonchev–Trinajstić information content (AvgIpc) is 2.44. The maximum absolute atomic E-state index is 12.4. The number of carbonyl (C=O) groups is 1. The molecule has 0 atom stereocenters. The summed E-state index contributed by atoms with van der Waals surface area (Å²) in [6.45, 7) is 0.568. The van der Waals surface area contributed by atoms with Gasteiger partial charge in [-0.2, -0.15) is 0 Å². The molecule has 0 spiro atoms. The fourth-order valence-electron chi connectivity index (χ4n) is 1.82. The van der Waals surface area contributed by atoms with E-state index in [1.165, 1.54) is 26.2 Å². The smallest absolute Gasteiger partial charge is 0.283 e. The van der Waals surface area contributed by atoms with Gasteiger partial charge in [0.25, 0.3) is 11.6 Å². The lowest BCUT2D eigenvalue weighted by molar-refractivity contribution is -0.385. The number of benzene rings is 1. The number of rotatable bonds is 7. The van der Waals surface area contributed by atoms with Crippen LogP contribution < -0.4 is 4.72 Å². The number of nitrogens with zero attached hydrogens (tertiary/aromatic N) is 3. The molecule has 0 fully saturated rings. The van der Waals surface area contributed by atoms with E-state index in [4.69, 9.17) is 0 Å². The van der Waals surface area contributed by atoms with E-state index in [0.717, 1.165) is 11.0 Å². The molecule has 1 rings (SSSR count). The first kappa shape index (κ1) is 19.0. The van der Waals surface area contributed by atoms with Gasteiger partial charge in [-0.15, -0.1) is 0 Å². The Bertz CT molecular complexity index is 700. The minimum absolute atomic E-state index is 0.119. The van der Waals surface area contributed by atoms with Crippen LogP contribution in [0.2, 0.25) is 0 Å². The molecule has 0 saturated carbocycles. The molecule has 0 heterocycles. The number of carbonyl (C=O) groups excluding carboxylic acids is 1. The first-order valence-electron chi connectivity index (χ1n) is 6.71. The van der Waals surface area contributed by atoms with E-state index in [1.807, 2.05) is 0 Å². The highest BCUT2D eigenvalue weighted by molar-refractivity contribution is 7.89. The zero-order chi connectivity index (χ0) is 17.8. The van der Waals surface area contributed by atoms with E-state index in [-0.39, 0.29) is 6.54 Å². The Kier molecular flexibility index (Phi) is 6.19. The Balaban J connectivity index is 3.38. The van der Waals surface area contributed by atoms with Gasteiger partial charge in [-0.25, -0.2) is 13.1 Å². The number of hydrogen-bond donors (Lipinski definition) is 1. The number of amides is 1. The van der Waals surface area contributed by atoms with E-state index < -0.39 is 37.0 Å². The molecule has 1 N–H and O–H groups in total. The summed E-state index contributed by atoms with van der Waals surface area (Å²) in [5.41, 5.74) is -0.987. The number of nitrogens with one attached hydrogen (secondary N) is 1. The first-order chi connectivity index (χ1) is 10.6. The van der Waals surface area contributed by atoms with Crippen molar-refractivity contribution in [3.63, 3.8) is 0 Å². The Labute approximate surface area is 135 Å². The lowest BCUT2D eigenvalue weighted by Crippen LogP contribution is -2.33. The Morgan fingerprint density at radius 3 is 2.35 bits per heavy atom. The van der Waals surface area contributed by atoms with Gasteiger partial charge in [-0.1, -0.05) is 6.07 Å². The molecule has 1 aromatic carbocycles. The Hall–Kier alpha value is -2.04. The summed E-state index contributed by atoms with van der Waals surface area (Å²) in [7, 11) is 2.31. The van der Waals surface area contributed by atoms with Gasteiger partial charge in [0, 0.05) is 33.3 Å². The van der Waals surface area contributed by atoms with Crippen LogP contribution in [-0.4, -0.2) is 70.3 Å². The molecule has 0 aliphatic carbocycles. The van der Waals surface area contributed by atoms with Crippen molar-refractivity contribution in [1.29, 1.82) is 0 Å². The number of sulfonamides is 1. The van der Waals surface area contributed by atoms with Crippen LogP contribution in [0, 0.1) is 10.1 Å². The summed E-state index contributed by atoms with van der Waals surface area (Å²) in [6, 6.07) is 3.53. The molecule has 0 unspecified atom stereocenters. The highest BCUT2D eigenvalue weighted by Crippen LogP contribution is 2.26. The molecule has 1 aromatic rings. The molecule has 0 aliphatic heterocycles. The van der Waals surface area contributed by atoms with Crippen LogP contribution in [0.1, 0.15) is 10.4 Å². The fraction of sp³-hybridized carbons (Fsp3) is 0.462. The number of likely N-dealkylation sites (N-methyl/N-ethyl adjacent to an activating group) is 1. The van der Waals surface area contributed by atoms with E-state index in [2.05, 4.69) is 4.72 Å². The van der Waals surface area contributed by atoms with Gasteiger partial charge in [-0.3, -0.25) is 14.9 Å². The van der Waals surface area contributed by atoms with Crippen molar-refractivity contribution < 1.29 is 18.1 Å². The Morgan fingerprint density at radius 2 is 1.87 bits per heavy atom. The molecule has 0 aliphatic rings. The molecule has 0 saturated heterocycles. The molecule has 1 amide bonds. The van der Waals surface area contributed by atoms with E-state index in [1.54, 1.807) is 19.0 Å². The first-order valence-corrected chi connectivity index (χ1v) is 8.19. The van der Waals surface area contributed by atoms with Crippen molar-refractivity contribution in [3.8, 4) is 0 Å². The molecule has 10 heteroatoms. The summed E-state index contributed by atoms with van der Waals surface area (Å²) in [4.78, 5) is 25.1. The molecule has 128 valence electrons. The molecule has 9 nitrogen and oxygen atoms in total. The maximum atomic E-state index is 12.4. The van der Waals surface area contributed by atoms with Gasteiger partial charge < -0.3 is 9.80 Å². The van der Waals surface area contributed by atoms with Gasteiger partial charge >= 0.3 is 0 Å². The lowest BCUT2D eigenvalue weighted by atomic mass is 10.1. The van der Waals surface area contributed by atoms with Crippen molar-refractivity contribution in [2.45, 2.75) is 4.90 Å². The van der Waals surface area contributed by atoms with Crippen LogP contribution in [-0.2, 0) is 10.0 Å². The number of nitro benzene ring substituents is 1.